The summed E-state index contributed by atoms with van der Waals surface area (Å²) in [5, 5.41) is 3.56. The first-order chi connectivity index (χ1) is 13.8. The average molecular weight is 411 g/mol. The van der Waals surface area contributed by atoms with Gasteiger partial charge in [0.05, 0.1) is 0 Å². The number of amides is 3. The monoisotopic (exact) mass is 411 g/mol. The van der Waals surface area contributed by atoms with Crippen LogP contribution in [0, 0.1) is 0 Å². The van der Waals surface area contributed by atoms with Crippen molar-refractivity contribution in [3.8, 4) is 0 Å². The molecule has 29 heavy (non-hydrogen) atoms. The van der Waals surface area contributed by atoms with Crippen molar-refractivity contribution in [3.63, 3.8) is 0 Å². The minimum absolute atomic E-state index is 0.00757. The van der Waals surface area contributed by atoms with Crippen LogP contribution < -0.4 is 5.32 Å². The van der Waals surface area contributed by atoms with Crippen LogP contribution in [0.3, 0.4) is 0 Å². The predicted octanol–water partition coefficient (Wildman–Crippen LogP) is 0.162. The summed E-state index contributed by atoms with van der Waals surface area (Å²) in [5.74, 6) is -1.53. The lowest BCUT2D eigenvalue weighted by molar-refractivity contribution is -0.192. The third-order valence-electron chi connectivity index (χ3n) is 3.81. The molecule has 0 aromatic carbocycles. The Morgan fingerprint density at radius 1 is 0.966 bits per heavy atom. The van der Waals surface area contributed by atoms with Crippen LogP contribution in [0.15, 0.2) is 12.2 Å². The molecule has 0 aliphatic carbocycles. The third-order valence-corrected chi connectivity index (χ3v) is 3.81. The second kappa shape index (κ2) is 16.0. The van der Waals surface area contributed by atoms with Gasteiger partial charge in [0.15, 0.2) is 0 Å². The second-order valence-corrected chi connectivity index (χ2v) is 6.23. The maximum Gasteiger partial charge on any atom is 0.332 e. The number of aldehydes is 2. The van der Waals surface area contributed by atoms with Crippen LogP contribution in [-0.2, 0) is 33.6 Å². The lowest BCUT2D eigenvalue weighted by atomic mass is 10.2. The highest BCUT2D eigenvalue weighted by atomic mass is 16.7. The van der Waals surface area contributed by atoms with Gasteiger partial charge in [0.25, 0.3) is 5.91 Å². The number of unbranched alkanes of at least 4 members (excludes halogenated alkanes) is 2. The van der Waals surface area contributed by atoms with Gasteiger partial charge >= 0.3 is 5.97 Å². The quantitative estimate of drug-likeness (QED) is 0.186. The van der Waals surface area contributed by atoms with E-state index in [2.05, 4.69) is 5.32 Å². The molecule has 0 bridgehead atoms. The molecular formula is C19H29N3O7. The molecule has 0 aromatic rings. The number of carbonyl (C=O) groups is 6. The van der Waals surface area contributed by atoms with Crippen LogP contribution in [0.25, 0.3) is 0 Å². The lowest BCUT2D eigenvalue weighted by Crippen LogP contribution is -2.32. The molecule has 0 saturated carbocycles. The summed E-state index contributed by atoms with van der Waals surface area (Å²) in [7, 11) is 2.86. The zero-order valence-corrected chi connectivity index (χ0v) is 16.9. The van der Waals surface area contributed by atoms with Crippen LogP contribution in [0.1, 0.15) is 44.9 Å². The van der Waals surface area contributed by atoms with Gasteiger partial charge in [0.1, 0.15) is 12.6 Å². The van der Waals surface area contributed by atoms with Crippen LogP contribution in [-0.4, -0.2) is 73.4 Å². The largest absolute Gasteiger partial charge is 0.356 e. The summed E-state index contributed by atoms with van der Waals surface area (Å²) in [4.78, 5) is 73.0. The zero-order chi connectivity index (χ0) is 22.1. The average Bonchev–Trinajstić information content (AvgIpc) is 2.70. The van der Waals surface area contributed by atoms with Crippen molar-refractivity contribution in [2.45, 2.75) is 44.9 Å². The maximum atomic E-state index is 11.7. The fraction of sp³-hybridized carbons (Fsp3) is 0.579. The standard InChI is InChI=1S/C19H29N3O7/c1-21(17(26)8-6-14-23)13-11-16(25)20-12-5-3-4-10-19(28)29-22(2)18(27)9-7-15-24/h6,8,14-15H,3-5,7,9-13H2,1-2H3,(H,20,25)/b8-6-. The first-order valence-electron chi connectivity index (χ1n) is 9.36. The van der Waals surface area contributed by atoms with E-state index in [1.54, 1.807) is 0 Å². The van der Waals surface area contributed by atoms with E-state index in [0.717, 1.165) is 17.2 Å². The number of carbonyl (C=O) groups excluding carboxylic acids is 6. The Kier molecular flexibility index (Phi) is 14.3. The van der Waals surface area contributed by atoms with E-state index in [0.29, 0.717) is 38.4 Å². The molecule has 0 unspecified atom stereocenters. The van der Waals surface area contributed by atoms with E-state index in [1.165, 1.54) is 19.0 Å². The summed E-state index contributed by atoms with van der Waals surface area (Å²) < 4.78 is 0. The molecule has 10 nitrogen and oxygen atoms in total. The van der Waals surface area contributed by atoms with E-state index in [1.807, 2.05) is 0 Å². The molecule has 0 aliphatic rings. The summed E-state index contributed by atoms with van der Waals surface area (Å²) >= 11 is 0. The Balaban J connectivity index is 3.79. The first kappa shape index (κ1) is 26.0. The molecule has 0 saturated heterocycles. The van der Waals surface area contributed by atoms with E-state index < -0.39 is 11.9 Å². The molecule has 0 rings (SSSR count). The number of allylic oxidation sites excluding steroid dienone is 1. The second-order valence-electron chi connectivity index (χ2n) is 6.23. The molecule has 0 heterocycles. The van der Waals surface area contributed by atoms with Crippen LogP contribution in [0.5, 0.6) is 0 Å². The van der Waals surface area contributed by atoms with Crippen LogP contribution in [0.4, 0.5) is 0 Å². The van der Waals surface area contributed by atoms with E-state index in [4.69, 9.17) is 4.84 Å². The smallest absolute Gasteiger partial charge is 0.332 e. The number of hydrogen-bond donors (Lipinski definition) is 1. The Morgan fingerprint density at radius 2 is 1.69 bits per heavy atom. The van der Waals surface area contributed by atoms with Crippen LogP contribution >= 0.6 is 0 Å². The molecular weight excluding hydrogens is 382 g/mol. The number of hydrogen-bond acceptors (Lipinski definition) is 7. The fourth-order valence-corrected chi connectivity index (χ4v) is 2.10. The molecule has 0 atom stereocenters. The Hall–Kier alpha value is -3.04. The topological polar surface area (TPSA) is 130 Å². The fourth-order valence-electron chi connectivity index (χ4n) is 2.10. The highest BCUT2D eigenvalue weighted by molar-refractivity contribution is 5.91. The number of likely N-dealkylation sites (N-methyl/N-ethyl adjacent to an activating group) is 1. The van der Waals surface area contributed by atoms with Gasteiger partial charge < -0.3 is 19.8 Å². The van der Waals surface area contributed by atoms with E-state index in [9.17, 15) is 28.8 Å². The number of hydroxylamine groups is 2. The van der Waals surface area contributed by atoms with Gasteiger partial charge in [-0.25, -0.2) is 4.79 Å². The molecule has 0 spiro atoms. The molecule has 0 radical (unpaired) electrons. The highest BCUT2D eigenvalue weighted by Gasteiger charge is 2.13. The van der Waals surface area contributed by atoms with Crippen molar-refractivity contribution in [2.75, 3.05) is 27.2 Å². The molecule has 3 amide bonds. The molecule has 0 aromatic heterocycles. The molecule has 1 N–H and O–H groups in total. The minimum atomic E-state index is -0.535. The Bertz CT molecular complexity index is 605. The van der Waals surface area contributed by atoms with Gasteiger partial charge in [-0.05, 0) is 18.9 Å². The van der Waals surface area contributed by atoms with Gasteiger partial charge in [0, 0.05) is 58.9 Å². The Morgan fingerprint density at radius 3 is 2.34 bits per heavy atom. The third kappa shape index (κ3) is 13.7. The Labute approximate surface area is 170 Å². The van der Waals surface area contributed by atoms with Crippen molar-refractivity contribution < 1.29 is 33.6 Å². The van der Waals surface area contributed by atoms with Gasteiger partial charge in [-0.3, -0.25) is 19.2 Å². The predicted molar refractivity (Wildman–Crippen MR) is 103 cm³/mol. The molecule has 0 fully saturated rings. The number of nitrogens with zero attached hydrogens (tertiary/aromatic N) is 2. The highest BCUT2D eigenvalue weighted by Crippen LogP contribution is 2.03. The van der Waals surface area contributed by atoms with Crippen molar-refractivity contribution in [1.82, 2.24) is 15.3 Å². The zero-order valence-electron chi connectivity index (χ0n) is 16.9. The summed E-state index contributed by atoms with van der Waals surface area (Å²) in [6.07, 6.45) is 5.62. The normalized spacial score (nSPS) is 10.3. The molecule has 162 valence electrons. The lowest BCUT2D eigenvalue weighted by Gasteiger charge is -2.15. The van der Waals surface area contributed by atoms with Gasteiger partial charge in [0.2, 0.25) is 11.8 Å². The van der Waals surface area contributed by atoms with Crippen LogP contribution in [0.2, 0.25) is 0 Å². The van der Waals surface area contributed by atoms with E-state index in [-0.39, 0.29) is 44.0 Å². The minimum Gasteiger partial charge on any atom is -0.356 e. The summed E-state index contributed by atoms with van der Waals surface area (Å²) in [6.45, 7) is 0.680. The number of rotatable bonds is 14. The van der Waals surface area contributed by atoms with Gasteiger partial charge in [-0.2, -0.15) is 5.06 Å². The summed E-state index contributed by atoms with van der Waals surface area (Å²) in [6, 6.07) is 0. The van der Waals surface area contributed by atoms with Crippen molar-refractivity contribution in [2.24, 2.45) is 0 Å². The maximum absolute atomic E-state index is 11.7. The van der Waals surface area contributed by atoms with Crippen molar-refractivity contribution >= 4 is 36.3 Å². The summed E-state index contributed by atoms with van der Waals surface area (Å²) in [5.41, 5.74) is 0. The van der Waals surface area contributed by atoms with Crippen molar-refractivity contribution in [1.29, 1.82) is 0 Å². The molecule has 0 aliphatic heterocycles. The van der Waals surface area contributed by atoms with Crippen molar-refractivity contribution in [3.05, 3.63) is 12.2 Å². The molecule has 10 heteroatoms. The van der Waals surface area contributed by atoms with Gasteiger partial charge in [-0.1, -0.05) is 6.42 Å². The van der Waals surface area contributed by atoms with Gasteiger partial charge in [-0.15, -0.1) is 0 Å². The number of nitrogens with one attached hydrogen (secondary N) is 1. The first-order valence-corrected chi connectivity index (χ1v) is 9.36. The SMILES string of the molecule is CN(CCC(=O)NCCCCCC(=O)ON(C)C(=O)CCC=O)C(=O)/C=C\C=O. The van der Waals surface area contributed by atoms with E-state index >= 15 is 0 Å².